The molecule has 1 aliphatic rings. The molecule has 1 unspecified atom stereocenters. The normalized spacial score (nSPS) is 20.1. The molecule has 0 aromatic carbocycles. The van der Waals surface area contributed by atoms with Gasteiger partial charge in [-0.1, -0.05) is 13.8 Å². The van der Waals surface area contributed by atoms with Crippen LogP contribution in [-0.2, 0) is 4.79 Å². The summed E-state index contributed by atoms with van der Waals surface area (Å²) in [6, 6.07) is -0.283. The fraction of sp³-hybridized carbons (Fsp3) is 0.929. The number of carboxylic acids is 1. The summed E-state index contributed by atoms with van der Waals surface area (Å²) in [5, 5.41) is 12.3. The second kappa shape index (κ2) is 7.82. The van der Waals surface area contributed by atoms with Crippen LogP contribution in [0.25, 0.3) is 0 Å². The maximum absolute atomic E-state index is 11.2. The van der Waals surface area contributed by atoms with Crippen molar-refractivity contribution in [3.05, 3.63) is 0 Å². The Labute approximate surface area is 117 Å². The smallest absolute Gasteiger partial charge is 0.322 e. The van der Waals surface area contributed by atoms with E-state index in [0.717, 1.165) is 19.6 Å². The van der Waals surface area contributed by atoms with E-state index in [1.54, 1.807) is 0 Å². The Balaban J connectivity index is 2.35. The minimum Gasteiger partial charge on any atom is -0.480 e. The second-order valence-electron chi connectivity index (χ2n) is 6.18. The summed E-state index contributed by atoms with van der Waals surface area (Å²) in [5.41, 5.74) is 0. The van der Waals surface area contributed by atoms with Crippen molar-refractivity contribution in [1.82, 2.24) is 15.1 Å². The molecule has 0 saturated carbocycles. The number of aliphatic carboxylic acids is 1. The number of carboxylic acid groups (broad SMARTS) is 1. The van der Waals surface area contributed by atoms with Crippen molar-refractivity contribution in [2.24, 2.45) is 5.92 Å². The van der Waals surface area contributed by atoms with Crippen molar-refractivity contribution in [1.29, 1.82) is 0 Å². The first kappa shape index (κ1) is 16.4. The van der Waals surface area contributed by atoms with E-state index < -0.39 is 12.0 Å². The summed E-state index contributed by atoms with van der Waals surface area (Å²) in [6.45, 7) is 7.84. The number of hydrogen-bond acceptors (Lipinski definition) is 4. The topological polar surface area (TPSA) is 55.8 Å². The Hall–Kier alpha value is -0.650. The van der Waals surface area contributed by atoms with Crippen LogP contribution in [0.1, 0.15) is 26.7 Å². The van der Waals surface area contributed by atoms with Crippen LogP contribution in [0.15, 0.2) is 0 Å². The Bertz CT molecular complexity index is 276. The number of carbonyl (C=O) groups is 1. The zero-order chi connectivity index (χ0) is 14.4. The maximum Gasteiger partial charge on any atom is 0.322 e. The van der Waals surface area contributed by atoms with Crippen LogP contribution in [0.4, 0.5) is 0 Å². The third kappa shape index (κ3) is 6.36. The molecule has 0 aromatic heterocycles. The Kier molecular flexibility index (Phi) is 6.75. The highest BCUT2D eigenvalue weighted by Gasteiger charge is 2.23. The van der Waals surface area contributed by atoms with Crippen LogP contribution in [0.5, 0.6) is 0 Å². The van der Waals surface area contributed by atoms with Gasteiger partial charge < -0.3 is 20.2 Å². The molecule has 5 nitrogen and oxygen atoms in total. The van der Waals surface area contributed by atoms with Crippen molar-refractivity contribution in [2.75, 3.05) is 40.3 Å². The Morgan fingerprint density at radius 2 is 2.00 bits per heavy atom. The summed E-state index contributed by atoms with van der Waals surface area (Å²) in [5.74, 6) is -0.0568. The van der Waals surface area contributed by atoms with E-state index in [0.29, 0.717) is 12.5 Å². The molecule has 1 fully saturated rings. The monoisotopic (exact) mass is 271 g/mol. The standard InChI is InChI=1S/C14H29N3O2/c1-11(2)15-13(14(18)19)10-17(4)9-12-5-7-16(3)8-6-12/h11-13,15H,5-10H2,1-4H3,(H,18,19). The first-order valence-electron chi connectivity index (χ1n) is 7.24. The number of likely N-dealkylation sites (tertiary alicyclic amines) is 1. The fourth-order valence-electron chi connectivity index (χ4n) is 2.68. The first-order valence-corrected chi connectivity index (χ1v) is 7.24. The molecule has 1 aliphatic heterocycles. The van der Waals surface area contributed by atoms with Crippen molar-refractivity contribution in [3.63, 3.8) is 0 Å². The average Bonchev–Trinajstić information content (AvgIpc) is 2.30. The van der Waals surface area contributed by atoms with E-state index in [2.05, 4.69) is 22.2 Å². The van der Waals surface area contributed by atoms with E-state index in [1.165, 1.54) is 12.8 Å². The third-order valence-corrected chi connectivity index (χ3v) is 3.73. The summed E-state index contributed by atoms with van der Waals surface area (Å²) in [4.78, 5) is 15.7. The molecule has 1 saturated heterocycles. The summed E-state index contributed by atoms with van der Waals surface area (Å²) in [6.07, 6.45) is 2.44. The van der Waals surface area contributed by atoms with Gasteiger partial charge in [-0.15, -0.1) is 0 Å². The van der Waals surface area contributed by atoms with E-state index >= 15 is 0 Å². The van der Waals surface area contributed by atoms with Crippen LogP contribution in [0.3, 0.4) is 0 Å². The van der Waals surface area contributed by atoms with Gasteiger partial charge >= 0.3 is 5.97 Å². The van der Waals surface area contributed by atoms with Gasteiger partial charge in [-0.2, -0.15) is 0 Å². The van der Waals surface area contributed by atoms with Gasteiger partial charge in [0.25, 0.3) is 0 Å². The number of nitrogens with one attached hydrogen (secondary N) is 1. The summed E-state index contributed by atoms with van der Waals surface area (Å²) >= 11 is 0. The third-order valence-electron chi connectivity index (χ3n) is 3.73. The van der Waals surface area contributed by atoms with Crippen LogP contribution in [0, 0.1) is 5.92 Å². The molecule has 0 bridgehead atoms. The number of hydrogen-bond donors (Lipinski definition) is 2. The largest absolute Gasteiger partial charge is 0.480 e. The highest BCUT2D eigenvalue weighted by atomic mass is 16.4. The SMILES string of the molecule is CC(C)NC(CN(C)CC1CCN(C)CC1)C(=O)O. The van der Waals surface area contributed by atoms with E-state index in [4.69, 9.17) is 0 Å². The Morgan fingerprint density at radius 3 is 2.47 bits per heavy atom. The van der Waals surface area contributed by atoms with E-state index in [-0.39, 0.29) is 6.04 Å². The van der Waals surface area contributed by atoms with E-state index in [9.17, 15) is 9.90 Å². The molecule has 1 heterocycles. The maximum atomic E-state index is 11.2. The minimum absolute atomic E-state index is 0.192. The van der Waals surface area contributed by atoms with Crippen molar-refractivity contribution in [3.8, 4) is 0 Å². The lowest BCUT2D eigenvalue weighted by Gasteiger charge is -2.32. The van der Waals surface area contributed by atoms with Crippen LogP contribution in [-0.4, -0.2) is 73.2 Å². The van der Waals surface area contributed by atoms with Gasteiger partial charge in [0.1, 0.15) is 6.04 Å². The molecule has 0 spiro atoms. The molecule has 0 amide bonds. The molecule has 1 atom stereocenters. The van der Waals surface area contributed by atoms with Crippen molar-refractivity contribution >= 4 is 5.97 Å². The molecule has 0 radical (unpaired) electrons. The quantitative estimate of drug-likeness (QED) is 0.714. The average molecular weight is 271 g/mol. The molecule has 112 valence electrons. The predicted molar refractivity (Wildman–Crippen MR) is 77.4 cm³/mol. The molecule has 1 rings (SSSR count). The van der Waals surface area contributed by atoms with E-state index in [1.807, 2.05) is 20.9 Å². The number of nitrogens with zero attached hydrogens (tertiary/aromatic N) is 2. The van der Waals surface area contributed by atoms with Gasteiger partial charge in [-0.3, -0.25) is 4.79 Å². The van der Waals surface area contributed by atoms with Gasteiger partial charge in [0.15, 0.2) is 0 Å². The van der Waals surface area contributed by atoms with Gasteiger partial charge in [0, 0.05) is 19.1 Å². The van der Waals surface area contributed by atoms with Gasteiger partial charge in [-0.05, 0) is 45.9 Å². The highest BCUT2D eigenvalue weighted by molar-refractivity contribution is 5.73. The predicted octanol–water partition coefficient (Wildman–Crippen LogP) is 0.711. The molecule has 5 heteroatoms. The molecule has 2 N–H and O–H groups in total. The summed E-state index contributed by atoms with van der Waals surface area (Å²) < 4.78 is 0. The minimum atomic E-state index is -0.760. The zero-order valence-electron chi connectivity index (χ0n) is 12.7. The van der Waals surface area contributed by atoms with Gasteiger partial charge in [-0.25, -0.2) is 0 Å². The zero-order valence-corrected chi connectivity index (χ0v) is 12.7. The number of rotatable bonds is 7. The lowest BCUT2D eigenvalue weighted by molar-refractivity contribution is -0.140. The molecular formula is C14H29N3O2. The number of piperidine rings is 1. The van der Waals surface area contributed by atoms with Gasteiger partial charge in [0.2, 0.25) is 0 Å². The van der Waals surface area contributed by atoms with Gasteiger partial charge in [0.05, 0.1) is 0 Å². The lowest BCUT2D eigenvalue weighted by atomic mass is 9.96. The Morgan fingerprint density at radius 1 is 1.42 bits per heavy atom. The lowest BCUT2D eigenvalue weighted by Crippen LogP contribution is -2.49. The first-order chi connectivity index (χ1) is 8.88. The van der Waals surface area contributed by atoms with Crippen LogP contribution >= 0.6 is 0 Å². The van der Waals surface area contributed by atoms with Crippen LogP contribution < -0.4 is 5.32 Å². The molecule has 0 aromatic rings. The molecule has 19 heavy (non-hydrogen) atoms. The second-order valence-corrected chi connectivity index (χ2v) is 6.18. The van der Waals surface area contributed by atoms with Crippen molar-refractivity contribution < 1.29 is 9.90 Å². The highest BCUT2D eigenvalue weighted by Crippen LogP contribution is 2.16. The van der Waals surface area contributed by atoms with Crippen LogP contribution in [0.2, 0.25) is 0 Å². The molecular weight excluding hydrogens is 242 g/mol. The fourth-order valence-corrected chi connectivity index (χ4v) is 2.68. The summed E-state index contributed by atoms with van der Waals surface area (Å²) in [7, 11) is 4.18. The number of likely N-dealkylation sites (N-methyl/N-ethyl adjacent to an activating group) is 1. The van der Waals surface area contributed by atoms with Crippen molar-refractivity contribution in [2.45, 2.75) is 38.8 Å². The molecule has 0 aliphatic carbocycles.